The van der Waals surface area contributed by atoms with Gasteiger partial charge in [-0.05, 0) is 0 Å². The van der Waals surface area contributed by atoms with Crippen LogP contribution in [0, 0.1) is 0 Å². The predicted molar refractivity (Wildman–Crippen MR) is 61.0 cm³/mol. The summed E-state index contributed by atoms with van der Waals surface area (Å²) in [6.07, 6.45) is -2.52. The van der Waals surface area contributed by atoms with Gasteiger partial charge in [-0.1, -0.05) is 0 Å². The molecule has 0 spiro atoms. The van der Waals surface area contributed by atoms with E-state index in [-0.39, 0.29) is 11.5 Å². The molecule has 0 fully saturated rings. The molecule has 9 heteroatoms. The van der Waals surface area contributed by atoms with Gasteiger partial charge in [0.05, 0.1) is 31.5 Å². The maximum absolute atomic E-state index is 10.9. The monoisotopic (exact) mass is 271 g/mol. The third kappa shape index (κ3) is 3.60. The van der Waals surface area contributed by atoms with Crippen LogP contribution in [-0.4, -0.2) is 50.4 Å². The van der Waals surface area contributed by atoms with Crippen LogP contribution in [0.3, 0.4) is 0 Å². The second-order valence-corrected chi connectivity index (χ2v) is 3.63. The lowest BCUT2D eigenvalue weighted by Crippen LogP contribution is -2.24. The van der Waals surface area contributed by atoms with Crippen LogP contribution < -0.4 is 5.73 Å². The number of aromatic carboxylic acids is 1. The Balaban J connectivity index is 2.93. The molecule has 5 N–H and O–H groups in total. The summed E-state index contributed by atoms with van der Waals surface area (Å²) in [7, 11) is 1.13. The van der Waals surface area contributed by atoms with E-state index in [1.807, 2.05) is 0 Å². The molecule has 2 atom stereocenters. The van der Waals surface area contributed by atoms with Gasteiger partial charge in [-0.3, -0.25) is 4.79 Å². The van der Waals surface area contributed by atoms with E-state index >= 15 is 0 Å². The Kier molecular flexibility index (Phi) is 4.73. The molecule has 9 nitrogen and oxygen atoms in total. The first-order valence-corrected chi connectivity index (χ1v) is 5.15. The zero-order valence-corrected chi connectivity index (χ0v) is 9.98. The Labute approximate surface area is 107 Å². The summed E-state index contributed by atoms with van der Waals surface area (Å²) in [6, 6.07) is 0. The maximum atomic E-state index is 10.9. The van der Waals surface area contributed by atoms with Crippen molar-refractivity contribution in [3.05, 3.63) is 17.6 Å². The van der Waals surface area contributed by atoms with Crippen molar-refractivity contribution in [2.45, 2.75) is 18.6 Å². The first-order valence-electron chi connectivity index (χ1n) is 5.15. The molecule has 2 unspecified atom stereocenters. The third-order valence-corrected chi connectivity index (χ3v) is 2.29. The van der Waals surface area contributed by atoms with Crippen LogP contribution in [0.5, 0.6) is 0 Å². The first-order chi connectivity index (χ1) is 8.86. The summed E-state index contributed by atoms with van der Waals surface area (Å²) in [5.74, 6) is -2.46. The minimum atomic E-state index is -1.58. The van der Waals surface area contributed by atoms with E-state index in [1.54, 1.807) is 0 Å². The van der Waals surface area contributed by atoms with Crippen molar-refractivity contribution in [3.8, 4) is 0 Å². The van der Waals surface area contributed by atoms with E-state index in [9.17, 15) is 19.8 Å². The van der Waals surface area contributed by atoms with Gasteiger partial charge >= 0.3 is 11.9 Å². The number of aliphatic hydroxyl groups is 2. The van der Waals surface area contributed by atoms with Crippen molar-refractivity contribution in [2.24, 2.45) is 0 Å². The van der Waals surface area contributed by atoms with Crippen LogP contribution in [0.25, 0.3) is 0 Å². The van der Waals surface area contributed by atoms with Crippen LogP contribution in [0.2, 0.25) is 0 Å². The van der Waals surface area contributed by atoms with E-state index in [0.717, 1.165) is 13.3 Å². The first kappa shape index (κ1) is 14.8. The number of ether oxygens (including phenoxy) is 1. The summed E-state index contributed by atoms with van der Waals surface area (Å²) >= 11 is 0. The molecule has 1 heterocycles. The summed E-state index contributed by atoms with van der Waals surface area (Å²) in [5, 5.41) is 28.1. The van der Waals surface area contributed by atoms with E-state index < -0.39 is 36.3 Å². The summed E-state index contributed by atoms with van der Waals surface area (Å²) in [4.78, 5) is 28.9. The number of carbonyl (C=O) groups excluding carboxylic acids is 1. The van der Waals surface area contributed by atoms with E-state index in [0.29, 0.717) is 0 Å². The lowest BCUT2D eigenvalue weighted by atomic mass is 10.1. The van der Waals surface area contributed by atoms with Crippen molar-refractivity contribution in [1.29, 1.82) is 0 Å². The number of nitrogens with zero attached hydrogens (tertiary/aromatic N) is 2. The van der Waals surface area contributed by atoms with Gasteiger partial charge in [0.15, 0.2) is 11.5 Å². The fourth-order valence-corrected chi connectivity index (χ4v) is 1.27. The highest BCUT2D eigenvalue weighted by molar-refractivity contribution is 5.90. The summed E-state index contributed by atoms with van der Waals surface area (Å²) in [5.41, 5.74) is 4.55. The summed E-state index contributed by atoms with van der Waals surface area (Å²) in [6.45, 7) is 0. The molecule has 0 aliphatic heterocycles. The SMILES string of the molecule is COC(=O)CC(O)C(O)c1cnc(N)c(C(=O)O)n1. The quantitative estimate of drug-likeness (QED) is 0.478. The molecule has 0 aromatic carbocycles. The molecule has 0 amide bonds. The zero-order chi connectivity index (χ0) is 14.6. The van der Waals surface area contributed by atoms with Gasteiger partial charge < -0.3 is 25.8 Å². The Morgan fingerprint density at radius 3 is 2.63 bits per heavy atom. The van der Waals surface area contributed by atoms with Gasteiger partial charge in [0, 0.05) is 0 Å². The second-order valence-electron chi connectivity index (χ2n) is 3.63. The zero-order valence-electron chi connectivity index (χ0n) is 9.98. The fraction of sp³-hybridized carbons (Fsp3) is 0.400. The topological polar surface area (TPSA) is 156 Å². The van der Waals surface area contributed by atoms with Crippen molar-refractivity contribution < 1.29 is 29.6 Å². The Bertz CT molecular complexity index is 492. The molecule has 0 radical (unpaired) electrons. The highest BCUT2D eigenvalue weighted by Crippen LogP contribution is 2.18. The lowest BCUT2D eigenvalue weighted by molar-refractivity contribution is -0.144. The predicted octanol–water partition coefficient (Wildman–Crippen LogP) is -1.29. The highest BCUT2D eigenvalue weighted by atomic mass is 16.5. The summed E-state index contributed by atoms with van der Waals surface area (Å²) < 4.78 is 4.33. The van der Waals surface area contributed by atoms with Crippen molar-refractivity contribution in [3.63, 3.8) is 0 Å². The maximum Gasteiger partial charge on any atom is 0.358 e. The lowest BCUT2D eigenvalue weighted by Gasteiger charge is -2.16. The number of aliphatic hydroxyl groups excluding tert-OH is 2. The van der Waals surface area contributed by atoms with Gasteiger partial charge in [0.2, 0.25) is 0 Å². The number of nitrogens with two attached hydrogens (primary N) is 1. The molecule has 0 bridgehead atoms. The van der Waals surface area contributed by atoms with E-state index in [4.69, 9.17) is 10.8 Å². The number of carboxylic acids is 1. The van der Waals surface area contributed by atoms with Crippen LogP contribution in [0.15, 0.2) is 6.20 Å². The molecule has 0 saturated carbocycles. The number of esters is 1. The van der Waals surface area contributed by atoms with Gasteiger partial charge in [0.1, 0.15) is 6.10 Å². The van der Waals surface area contributed by atoms with Gasteiger partial charge in [-0.2, -0.15) is 0 Å². The Morgan fingerprint density at radius 2 is 2.11 bits per heavy atom. The molecule has 0 aliphatic rings. The number of nitrogen functional groups attached to an aromatic ring is 1. The third-order valence-electron chi connectivity index (χ3n) is 2.29. The number of anilines is 1. The van der Waals surface area contributed by atoms with Crippen LogP contribution in [0.4, 0.5) is 5.82 Å². The molecular formula is C10H13N3O6. The van der Waals surface area contributed by atoms with Crippen LogP contribution in [0.1, 0.15) is 28.7 Å². The average molecular weight is 271 g/mol. The van der Waals surface area contributed by atoms with Crippen LogP contribution in [-0.2, 0) is 9.53 Å². The van der Waals surface area contributed by atoms with Gasteiger partial charge in [0.25, 0.3) is 0 Å². The molecule has 1 aromatic heterocycles. The van der Waals surface area contributed by atoms with Crippen molar-refractivity contribution in [1.82, 2.24) is 9.97 Å². The average Bonchev–Trinajstić information content (AvgIpc) is 2.37. The normalized spacial score (nSPS) is 13.6. The number of rotatable bonds is 5. The number of aromatic nitrogens is 2. The Morgan fingerprint density at radius 1 is 1.47 bits per heavy atom. The number of carboxylic acid groups (broad SMARTS) is 1. The van der Waals surface area contributed by atoms with E-state index in [1.165, 1.54) is 0 Å². The smallest absolute Gasteiger partial charge is 0.358 e. The molecule has 1 aromatic rings. The minimum absolute atomic E-state index is 0.206. The van der Waals surface area contributed by atoms with Gasteiger partial charge in [-0.15, -0.1) is 0 Å². The second kappa shape index (κ2) is 6.07. The molecule has 104 valence electrons. The number of carbonyl (C=O) groups is 2. The molecule has 0 saturated heterocycles. The van der Waals surface area contributed by atoms with Gasteiger partial charge in [-0.25, -0.2) is 14.8 Å². The molecule has 0 aliphatic carbocycles. The minimum Gasteiger partial charge on any atom is -0.476 e. The van der Waals surface area contributed by atoms with E-state index in [2.05, 4.69) is 14.7 Å². The largest absolute Gasteiger partial charge is 0.476 e. The van der Waals surface area contributed by atoms with Crippen molar-refractivity contribution >= 4 is 17.8 Å². The number of hydrogen-bond acceptors (Lipinski definition) is 8. The fourth-order valence-electron chi connectivity index (χ4n) is 1.27. The van der Waals surface area contributed by atoms with Crippen LogP contribution >= 0.6 is 0 Å². The number of methoxy groups -OCH3 is 1. The van der Waals surface area contributed by atoms with Crippen molar-refractivity contribution in [2.75, 3.05) is 12.8 Å². The number of hydrogen-bond donors (Lipinski definition) is 4. The molecular weight excluding hydrogens is 258 g/mol. The molecule has 19 heavy (non-hydrogen) atoms. The molecule has 1 rings (SSSR count). The Hall–Kier alpha value is -2.26. The standard InChI is InChI=1S/C10H13N3O6/c1-19-6(15)2-5(14)8(16)4-3-12-9(11)7(13-4)10(17)18/h3,5,8,14,16H,2H2,1H3,(H2,11,12)(H,17,18). The highest BCUT2D eigenvalue weighted by Gasteiger charge is 2.25.